The second-order valence-electron chi connectivity index (χ2n) is 6.10. The highest BCUT2D eigenvalue weighted by molar-refractivity contribution is 7.99. The molecule has 6 heteroatoms. The van der Waals surface area contributed by atoms with E-state index in [1.54, 1.807) is 11.8 Å². The Morgan fingerprint density at radius 2 is 2.00 bits per heavy atom. The average molecular weight is 385 g/mol. The molecule has 1 aliphatic heterocycles. The van der Waals surface area contributed by atoms with E-state index in [4.69, 9.17) is 16.1 Å². The van der Waals surface area contributed by atoms with Crippen LogP contribution >= 0.6 is 23.4 Å². The maximum absolute atomic E-state index is 12.5. The summed E-state index contributed by atoms with van der Waals surface area (Å²) in [6.07, 6.45) is 0.930. The van der Waals surface area contributed by atoms with Crippen molar-refractivity contribution in [3.05, 3.63) is 70.9 Å². The molecule has 0 atom stereocenters. The highest BCUT2D eigenvalue weighted by atomic mass is 35.5. The molecule has 0 aliphatic carbocycles. The van der Waals surface area contributed by atoms with Gasteiger partial charge in [0.15, 0.2) is 0 Å². The van der Waals surface area contributed by atoms with E-state index in [1.807, 2.05) is 53.4 Å². The highest BCUT2D eigenvalue weighted by Gasteiger charge is 2.23. The molecule has 0 saturated heterocycles. The summed E-state index contributed by atoms with van der Waals surface area (Å²) >= 11 is 7.45. The molecule has 0 N–H and O–H groups in total. The number of thioether (sulfide) groups is 1. The summed E-state index contributed by atoms with van der Waals surface area (Å²) in [5.74, 6) is 1.93. The lowest BCUT2D eigenvalue weighted by Gasteiger charge is -2.16. The molecule has 0 spiro atoms. The summed E-state index contributed by atoms with van der Waals surface area (Å²) in [4.78, 5) is 14.4. The third-order valence-corrected chi connectivity index (χ3v) is 5.55. The largest absolute Gasteiger partial charge is 0.360 e. The van der Waals surface area contributed by atoms with E-state index in [0.29, 0.717) is 16.5 Å². The smallest absolute Gasteiger partial charge is 0.237 e. The van der Waals surface area contributed by atoms with Crippen LogP contribution < -0.4 is 4.90 Å². The summed E-state index contributed by atoms with van der Waals surface area (Å²) < 4.78 is 5.38. The lowest BCUT2D eigenvalue weighted by molar-refractivity contribution is -0.116. The fourth-order valence-corrected chi connectivity index (χ4v) is 3.95. The molecule has 4 rings (SSSR count). The zero-order valence-electron chi connectivity index (χ0n) is 14.0. The number of anilines is 1. The Kier molecular flexibility index (Phi) is 5.00. The topological polar surface area (TPSA) is 46.3 Å². The number of halogens is 1. The molecule has 4 nitrogen and oxygen atoms in total. The van der Waals surface area contributed by atoms with Crippen molar-refractivity contribution in [2.75, 3.05) is 17.2 Å². The fourth-order valence-electron chi connectivity index (χ4n) is 3.05. The van der Waals surface area contributed by atoms with Crippen LogP contribution in [0.5, 0.6) is 0 Å². The average Bonchev–Trinajstić information content (AvgIpc) is 3.29. The van der Waals surface area contributed by atoms with Gasteiger partial charge in [0.2, 0.25) is 5.91 Å². The van der Waals surface area contributed by atoms with Crippen molar-refractivity contribution in [3.8, 4) is 11.3 Å². The zero-order chi connectivity index (χ0) is 17.9. The van der Waals surface area contributed by atoms with Crippen LogP contribution in [0.2, 0.25) is 5.02 Å². The number of aromatic nitrogens is 1. The summed E-state index contributed by atoms with van der Waals surface area (Å²) in [5, 5.41) is 4.78. The first kappa shape index (κ1) is 17.2. The number of rotatable bonds is 5. The number of fused-ring (bicyclic) bond motifs is 1. The molecule has 2 heterocycles. The Hall–Kier alpha value is -2.24. The first-order chi connectivity index (χ1) is 12.7. The van der Waals surface area contributed by atoms with E-state index in [0.717, 1.165) is 35.7 Å². The molecule has 132 valence electrons. The van der Waals surface area contributed by atoms with Crippen LogP contribution in [0.15, 0.2) is 59.1 Å². The minimum atomic E-state index is 0.136. The van der Waals surface area contributed by atoms with Gasteiger partial charge in [-0.25, -0.2) is 0 Å². The number of carbonyl (C=O) groups excluding carboxylic acids is 1. The standard InChI is InChI=1S/C20H17ClN2O2S/c21-16-7-5-14(6-8-16)18-11-17(25-22-18)12-26-13-20(24)23-10-9-15-3-1-2-4-19(15)23/h1-8,11H,9-10,12-13H2. The van der Waals surface area contributed by atoms with Gasteiger partial charge in [0.05, 0.1) is 11.5 Å². The molecule has 1 amide bonds. The molecule has 0 unspecified atom stereocenters. The van der Waals surface area contributed by atoms with Crippen molar-refractivity contribution in [3.63, 3.8) is 0 Å². The van der Waals surface area contributed by atoms with E-state index in [1.165, 1.54) is 5.56 Å². The molecule has 0 fully saturated rings. The van der Waals surface area contributed by atoms with Gasteiger partial charge in [-0.15, -0.1) is 11.8 Å². The minimum Gasteiger partial charge on any atom is -0.360 e. The van der Waals surface area contributed by atoms with Gasteiger partial charge in [0, 0.05) is 28.9 Å². The van der Waals surface area contributed by atoms with Crippen LogP contribution in [0.4, 0.5) is 5.69 Å². The maximum Gasteiger partial charge on any atom is 0.237 e. The van der Waals surface area contributed by atoms with E-state index < -0.39 is 0 Å². The van der Waals surface area contributed by atoms with E-state index >= 15 is 0 Å². The van der Waals surface area contributed by atoms with Crippen LogP contribution in [0.25, 0.3) is 11.3 Å². The number of nitrogens with zero attached hydrogens (tertiary/aromatic N) is 2. The van der Waals surface area contributed by atoms with Gasteiger partial charge in [-0.3, -0.25) is 4.79 Å². The Morgan fingerprint density at radius 3 is 2.85 bits per heavy atom. The highest BCUT2D eigenvalue weighted by Crippen LogP contribution is 2.28. The molecule has 1 aromatic heterocycles. The number of amides is 1. The molecule has 2 aromatic carbocycles. The maximum atomic E-state index is 12.5. The molecule has 26 heavy (non-hydrogen) atoms. The predicted molar refractivity (Wildman–Crippen MR) is 106 cm³/mol. The van der Waals surface area contributed by atoms with Crippen molar-refractivity contribution in [2.45, 2.75) is 12.2 Å². The van der Waals surface area contributed by atoms with Gasteiger partial charge in [-0.1, -0.05) is 47.1 Å². The molecule has 0 radical (unpaired) electrons. The van der Waals surface area contributed by atoms with Crippen molar-refractivity contribution < 1.29 is 9.32 Å². The van der Waals surface area contributed by atoms with Crippen molar-refractivity contribution in [1.82, 2.24) is 5.16 Å². The number of hydrogen-bond donors (Lipinski definition) is 0. The number of benzene rings is 2. The molecule has 1 aliphatic rings. The quantitative estimate of drug-likeness (QED) is 0.632. The van der Waals surface area contributed by atoms with Gasteiger partial charge < -0.3 is 9.42 Å². The number of para-hydroxylation sites is 1. The molecule has 3 aromatic rings. The summed E-state index contributed by atoms with van der Waals surface area (Å²) in [6, 6.07) is 17.5. The second kappa shape index (κ2) is 7.56. The van der Waals surface area contributed by atoms with Crippen LogP contribution in [-0.4, -0.2) is 23.4 Å². The van der Waals surface area contributed by atoms with E-state index in [2.05, 4.69) is 11.2 Å². The first-order valence-corrected chi connectivity index (χ1v) is 9.91. The molecular formula is C20H17ClN2O2S. The molecule has 0 bridgehead atoms. The van der Waals surface area contributed by atoms with Gasteiger partial charge in [-0.05, 0) is 30.2 Å². The van der Waals surface area contributed by atoms with Gasteiger partial charge in [-0.2, -0.15) is 0 Å². The molecular weight excluding hydrogens is 368 g/mol. The van der Waals surface area contributed by atoms with Crippen LogP contribution in [-0.2, 0) is 17.0 Å². The van der Waals surface area contributed by atoms with Crippen molar-refractivity contribution in [1.29, 1.82) is 0 Å². The van der Waals surface area contributed by atoms with Crippen LogP contribution in [0.1, 0.15) is 11.3 Å². The van der Waals surface area contributed by atoms with Gasteiger partial charge in [0.1, 0.15) is 11.5 Å². The summed E-state index contributed by atoms with van der Waals surface area (Å²) in [6.45, 7) is 0.766. The second-order valence-corrected chi connectivity index (χ2v) is 7.52. The first-order valence-electron chi connectivity index (χ1n) is 8.38. The number of carbonyl (C=O) groups is 1. The Morgan fingerprint density at radius 1 is 1.19 bits per heavy atom. The normalized spacial score (nSPS) is 13.0. The fraction of sp³-hybridized carbons (Fsp3) is 0.200. The lowest BCUT2D eigenvalue weighted by Crippen LogP contribution is -2.30. The van der Waals surface area contributed by atoms with Gasteiger partial charge in [0.25, 0.3) is 0 Å². The lowest BCUT2D eigenvalue weighted by atomic mass is 10.1. The zero-order valence-corrected chi connectivity index (χ0v) is 15.6. The van der Waals surface area contributed by atoms with Crippen LogP contribution in [0, 0.1) is 0 Å². The third-order valence-electron chi connectivity index (χ3n) is 4.36. The minimum absolute atomic E-state index is 0.136. The van der Waals surface area contributed by atoms with E-state index in [9.17, 15) is 4.79 Å². The Labute approximate surface area is 161 Å². The Bertz CT molecular complexity index is 924. The molecule has 0 saturated carbocycles. The van der Waals surface area contributed by atoms with Crippen molar-refractivity contribution in [2.24, 2.45) is 0 Å². The predicted octanol–water partition coefficient (Wildman–Crippen LogP) is 4.82. The Balaban J connectivity index is 1.33. The SMILES string of the molecule is O=C(CSCc1cc(-c2ccc(Cl)cc2)no1)N1CCc2ccccc21. The van der Waals surface area contributed by atoms with Gasteiger partial charge >= 0.3 is 0 Å². The summed E-state index contributed by atoms with van der Waals surface area (Å²) in [5.41, 5.74) is 4.02. The van der Waals surface area contributed by atoms with Crippen LogP contribution in [0.3, 0.4) is 0 Å². The number of hydrogen-bond acceptors (Lipinski definition) is 4. The van der Waals surface area contributed by atoms with Crippen molar-refractivity contribution >= 4 is 35.0 Å². The monoisotopic (exact) mass is 384 g/mol. The summed E-state index contributed by atoms with van der Waals surface area (Å²) in [7, 11) is 0. The van der Waals surface area contributed by atoms with E-state index in [-0.39, 0.29) is 5.91 Å². The third kappa shape index (κ3) is 3.64.